The molecule has 0 saturated carbocycles. The molecule has 1 saturated heterocycles. The van der Waals surface area contributed by atoms with Crippen LogP contribution in [0.3, 0.4) is 0 Å². The van der Waals surface area contributed by atoms with Crippen molar-refractivity contribution in [2.45, 2.75) is 52.1 Å². The van der Waals surface area contributed by atoms with E-state index in [1.165, 1.54) is 0 Å². The molecular weight excluding hydrogens is 378 g/mol. The third kappa shape index (κ3) is 5.68. The lowest BCUT2D eigenvalue weighted by atomic mass is 9.98. The molecule has 0 bridgehead atoms. The highest BCUT2D eigenvalue weighted by molar-refractivity contribution is 5.78. The lowest BCUT2D eigenvalue weighted by Gasteiger charge is -2.32. The van der Waals surface area contributed by atoms with E-state index in [-0.39, 0.29) is 18.6 Å². The molecule has 0 radical (unpaired) electrons. The van der Waals surface area contributed by atoms with Gasteiger partial charge in [0.15, 0.2) is 18.1 Å². The van der Waals surface area contributed by atoms with E-state index < -0.39 is 0 Å². The van der Waals surface area contributed by atoms with E-state index in [1.807, 2.05) is 54.3 Å². The minimum absolute atomic E-state index is 0.0297. The van der Waals surface area contributed by atoms with Crippen molar-refractivity contribution in [3.8, 4) is 17.2 Å². The van der Waals surface area contributed by atoms with Crippen LogP contribution in [0.5, 0.6) is 17.2 Å². The monoisotopic (exact) mass is 411 g/mol. The Kier molecular flexibility index (Phi) is 8.00. The van der Waals surface area contributed by atoms with Crippen molar-refractivity contribution < 1.29 is 19.0 Å². The van der Waals surface area contributed by atoms with Gasteiger partial charge >= 0.3 is 0 Å². The summed E-state index contributed by atoms with van der Waals surface area (Å²) in [4.78, 5) is 14.5. The van der Waals surface area contributed by atoms with Gasteiger partial charge in [0.2, 0.25) is 0 Å². The Bertz CT molecular complexity index is 814. The van der Waals surface area contributed by atoms with Crippen molar-refractivity contribution in [1.29, 1.82) is 0 Å². The molecule has 0 N–H and O–H groups in total. The molecular formula is C25H33NO4. The summed E-state index contributed by atoms with van der Waals surface area (Å²) < 4.78 is 17.7. The Balaban J connectivity index is 1.49. The van der Waals surface area contributed by atoms with E-state index in [1.54, 1.807) is 0 Å². The van der Waals surface area contributed by atoms with Gasteiger partial charge in [-0.2, -0.15) is 0 Å². The van der Waals surface area contributed by atoms with Gasteiger partial charge in [-0.1, -0.05) is 44.2 Å². The van der Waals surface area contributed by atoms with Gasteiger partial charge in [0.1, 0.15) is 11.9 Å². The van der Waals surface area contributed by atoms with Crippen LogP contribution in [0.25, 0.3) is 0 Å². The normalized spacial score (nSPS) is 15.5. The van der Waals surface area contributed by atoms with Crippen LogP contribution in [0, 0.1) is 0 Å². The van der Waals surface area contributed by atoms with Gasteiger partial charge in [0.25, 0.3) is 5.91 Å². The SMILES string of the molecule is CCOc1ccccc1OC1CCN(C(=O)COc2ccccc2C(C)CC)CC1. The number of amides is 1. The fraction of sp³-hybridized carbons (Fsp3) is 0.480. The third-order valence-corrected chi connectivity index (χ3v) is 5.65. The summed E-state index contributed by atoms with van der Waals surface area (Å²) in [7, 11) is 0. The number of benzene rings is 2. The molecule has 0 spiro atoms. The Morgan fingerprint density at radius 3 is 2.27 bits per heavy atom. The van der Waals surface area contributed by atoms with E-state index in [2.05, 4.69) is 19.9 Å². The van der Waals surface area contributed by atoms with E-state index in [4.69, 9.17) is 14.2 Å². The lowest BCUT2D eigenvalue weighted by Crippen LogP contribution is -2.43. The summed E-state index contributed by atoms with van der Waals surface area (Å²) in [6.45, 7) is 8.33. The fourth-order valence-electron chi connectivity index (χ4n) is 3.69. The molecule has 2 aromatic carbocycles. The second kappa shape index (κ2) is 10.9. The highest BCUT2D eigenvalue weighted by Crippen LogP contribution is 2.30. The lowest BCUT2D eigenvalue weighted by molar-refractivity contribution is -0.135. The maximum Gasteiger partial charge on any atom is 0.260 e. The fourth-order valence-corrected chi connectivity index (χ4v) is 3.69. The van der Waals surface area contributed by atoms with Gasteiger partial charge in [0, 0.05) is 25.9 Å². The highest BCUT2D eigenvalue weighted by Gasteiger charge is 2.25. The summed E-state index contributed by atoms with van der Waals surface area (Å²) in [6, 6.07) is 15.8. The van der Waals surface area contributed by atoms with Crippen molar-refractivity contribution in [2.24, 2.45) is 0 Å². The number of hydrogen-bond acceptors (Lipinski definition) is 4. The molecule has 1 atom stereocenters. The highest BCUT2D eigenvalue weighted by atomic mass is 16.5. The first kappa shape index (κ1) is 22.0. The third-order valence-electron chi connectivity index (χ3n) is 5.65. The van der Waals surface area contributed by atoms with Crippen LogP contribution in [0.4, 0.5) is 0 Å². The predicted octanol–water partition coefficient (Wildman–Crippen LogP) is 5.05. The van der Waals surface area contributed by atoms with Crippen molar-refractivity contribution in [1.82, 2.24) is 4.90 Å². The molecule has 1 aliphatic rings. The van der Waals surface area contributed by atoms with Crippen LogP contribution >= 0.6 is 0 Å². The van der Waals surface area contributed by atoms with Crippen LogP contribution in [0.15, 0.2) is 48.5 Å². The van der Waals surface area contributed by atoms with Crippen LogP contribution in [-0.2, 0) is 4.79 Å². The van der Waals surface area contributed by atoms with Crippen molar-refractivity contribution in [3.63, 3.8) is 0 Å². The zero-order valence-electron chi connectivity index (χ0n) is 18.3. The van der Waals surface area contributed by atoms with Crippen LogP contribution in [0.2, 0.25) is 0 Å². The summed E-state index contributed by atoms with van der Waals surface area (Å²) in [6.07, 6.45) is 2.72. The summed E-state index contributed by atoms with van der Waals surface area (Å²) >= 11 is 0. The van der Waals surface area contributed by atoms with Crippen LogP contribution in [-0.4, -0.2) is 43.2 Å². The minimum Gasteiger partial charge on any atom is -0.490 e. The largest absolute Gasteiger partial charge is 0.490 e. The first-order valence-electron chi connectivity index (χ1n) is 11.0. The average Bonchev–Trinajstić information content (AvgIpc) is 2.79. The number of para-hydroxylation sites is 3. The maximum absolute atomic E-state index is 12.7. The molecule has 5 heteroatoms. The molecule has 2 aromatic rings. The Hall–Kier alpha value is -2.69. The smallest absolute Gasteiger partial charge is 0.260 e. The van der Waals surface area contributed by atoms with Crippen molar-refractivity contribution in [3.05, 3.63) is 54.1 Å². The molecule has 1 fully saturated rings. The molecule has 1 heterocycles. The van der Waals surface area contributed by atoms with Gasteiger partial charge in [-0.3, -0.25) is 4.79 Å². The second-order valence-corrected chi connectivity index (χ2v) is 7.71. The van der Waals surface area contributed by atoms with Gasteiger partial charge in [-0.15, -0.1) is 0 Å². The first-order chi connectivity index (χ1) is 14.6. The average molecular weight is 412 g/mol. The molecule has 0 aliphatic carbocycles. The first-order valence-corrected chi connectivity index (χ1v) is 11.0. The standard InChI is InChI=1S/C25H33NO4/c1-4-19(3)21-10-6-7-11-22(21)29-18-25(27)26-16-14-20(15-17-26)30-24-13-9-8-12-23(24)28-5-2/h6-13,19-20H,4-5,14-18H2,1-3H3. The molecule has 0 aromatic heterocycles. The molecule has 162 valence electrons. The zero-order chi connectivity index (χ0) is 21.3. The van der Waals surface area contributed by atoms with Gasteiger partial charge in [0.05, 0.1) is 6.61 Å². The topological polar surface area (TPSA) is 48.0 Å². The quantitative estimate of drug-likeness (QED) is 0.579. The molecule has 30 heavy (non-hydrogen) atoms. The van der Waals surface area contributed by atoms with Crippen molar-refractivity contribution in [2.75, 3.05) is 26.3 Å². The number of hydrogen-bond donors (Lipinski definition) is 0. The second-order valence-electron chi connectivity index (χ2n) is 7.71. The molecule has 1 aliphatic heterocycles. The van der Waals surface area contributed by atoms with Gasteiger partial charge in [-0.05, 0) is 43.0 Å². The maximum atomic E-state index is 12.7. The number of ether oxygens (including phenoxy) is 3. The van der Waals surface area contributed by atoms with E-state index >= 15 is 0 Å². The number of rotatable bonds is 9. The number of likely N-dealkylation sites (tertiary alicyclic amines) is 1. The number of carbonyl (C=O) groups excluding carboxylic acids is 1. The molecule has 1 unspecified atom stereocenters. The number of carbonyl (C=O) groups is 1. The van der Waals surface area contributed by atoms with Crippen molar-refractivity contribution >= 4 is 5.91 Å². The molecule has 1 amide bonds. The van der Waals surface area contributed by atoms with Gasteiger partial charge < -0.3 is 19.1 Å². The summed E-state index contributed by atoms with van der Waals surface area (Å²) in [5.41, 5.74) is 1.16. The Morgan fingerprint density at radius 2 is 1.60 bits per heavy atom. The minimum atomic E-state index is 0.0297. The Labute approximate surface area is 179 Å². The zero-order valence-corrected chi connectivity index (χ0v) is 18.3. The van der Waals surface area contributed by atoms with Crippen LogP contribution < -0.4 is 14.2 Å². The summed E-state index contributed by atoms with van der Waals surface area (Å²) in [5, 5.41) is 0. The number of nitrogens with zero attached hydrogens (tertiary/aromatic N) is 1. The summed E-state index contributed by atoms with van der Waals surface area (Å²) in [5.74, 6) is 2.79. The molecule has 5 nitrogen and oxygen atoms in total. The number of piperidine rings is 1. The van der Waals surface area contributed by atoms with E-state index in [9.17, 15) is 4.79 Å². The predicted molar refractivity (Wildman–Crippen MR) is 118 cm³/mol. The van der Waals surface area contributed by atoms with Crippen LogP contribution in [0.1, 0.15) is 51.5 Å². The van der Waals surface area contributed by atoms with E-state index in [0.717, 1.165) is 42.1 Å². The Morgan fingerprint density at radius 1 is 0.967 bits per heavy atom. The van der Waals surface area contributed by atoms with Gasteiger partial charge in [-0.25, -0.2) is 0 Å². The van der Waals surface area contributed by atoms with E-state index in [0.29, 0.717) is 25.6 Å². The molecule has 3 rings (SSSR count).